The number of nitrogens with two attached hydrogens (primary N) is 1. The summed E-state index contributed by atoms with van der Waals surface area (Å²) in [6.45, 7) is 2.37. The topological polar surface area (TPSA) is 102 Å². The van der Waals surface area contributed by atoms with Gasteiger partial charge >= 0.3 is 6.09 Å². The minimum absolute atomic E-state index is 0.179. The van der Waals surface area contributed by atoms with Crippen LogP contribution in [0.15, 0.2) is 23.1 Å². The van der Waals surface area contributed by atoms with Crippen molar-refractivity contribution in [2.45, 2.75) is 24.3 Å². The van der Waals surface area contributed by atoms with E-state index in [0.717, 1.165) is 5.56 Å². The Morgan fingerprint density at radius 1 is 1.43 bits per heavy atom. The fraction of sp³-hybridized carbons (Fsp3) is 0.462. The molecular weight excluding hydrogens is 294 g/mol. The number of aryl methyl sites for hydroxylation is 1. The van der Waals surface area contributed by atoms with E-state index in [0.29, 0.717) is 18.7 Å². The maximum absolute atomic E-state index is 12.6. The molecule has 1 aromatic carbocycles. The van der Waals surface area contributed by atoms with Crippen molar-refractivity contribution in [2.24, 2.45) is 0 Å². The van der Waals surface area contributed by atoms with Gasteiger partial charge in [-0.25, -0.2) is 13.2 Å². The quantitative estimate of drug-likeness (QED) is 0.800. The zero-order chi connectivity index (χ0) is 15.6. The van der Waals surface area contributed by atoms with Crippen molar-refractivity contribution in [2.75, 3.05) is 25.9 Å². The van der Waals surface area contributed by atoms with E-state index >= 15 is 0 Å². The Balaban J connectivity index is 2.16. The van der Waals surface area contributed by atoms with Crippen LogP contribution >= 0.6 is 0 Å². The second-order valence-corrected chi connectivity index (χ2v) is 7.00. The number of hydrogen-bond acceptors (Lipinski definition) is 5. The molecule has 1 aliphatic rings. The van der Waals surface area contributed by atoms with Crippen LogP contribution in [0.25, 0.3) is 0 Å². The normalized spacial score (nSPS) is 19.4. The number of nitrogens with zero attached hydrogens (tertiary/aromatic N) is 1. The predicted octanol–water partition coefficient (Wildman–Crippen LogP) is 0.696. The van der Waals surface area contributed by atoms with Crippen molar-refractivity contribution in [3.63, 3.8) is 0 Å². The molecule has 1 heterocycles. The number of sulfonamides is 1. The number of alkyl carbamates (subject to hydrolysis) is 1. The van der Waals surface area contributed by atoms with Gasteiger partial charge < -0.3 is 15.8 Å². The standard InChI is InChI=1S/C13H19N3O4S/c1-9-5-10(14)7-12(6-9)21(18,19)16-4-3-11(8-16)15-13(17)20-2/h5-7,11H,3-4,8,14H2,1-2H3,(H,15,17). The van der Waals surface area contributed by atoms with Crippen molar-refractivity contribution >= 4 is 21.8 Å². The van der Waals surface area contributed by atoms with Gasteiger partial charge in [-0.3, -0.25) is 0 Å². The number of carbonyl (C=O) groups excluding carboxylic acids is 1. The van der Waals surface area contributed by atoms with Crippen LogP contribution in [0, 0.1) is 6.92 Å². The van der Waals surface area contributed by atoms with Gasteiger partial charge in [-0.15, -0.1) is 0 Å². The van der Waals surface area contributed by atoms with Crippen molar-refractivity contribution < 1.29 is 17.9 Å². The molecule has 1 aromatic rings. The van der Waals surface area contributed by atoms with Crippen LogP contribution in [0.2, 0.25) is 0 Å². The summed E-state index contributed by atoms with van der Waals surface area (Å²) in [6.07, 6.45) is -0.00522. The van der Waals surface area contributed by atoms with Crippen LogP contribution in [0.4, 0.5) is 10.5 Å². The first-order valence-electron chi connectivity index (χ1n) is 6.54. The second kappa shape index (κ2) is 5.90. The van der Waals surface area contributed by atoms with E-state index < -0.39 is 16.1 Å². The van der Waals surface area contributed by atoms with E-state index in [1.165, 1.54) is 17.5 Å². The first kappa shape index (κ1) is 15.6. The van der Waals surface area contributed by atoms with E-state index in [4.69, 9.17) is 5.73 Å². The minimum Gasteiger partial charge on any atom is -0.453 e. The molecule has 21 heavy (non-hydrogen) atoms. The summed E-state index contributed by atoms with van der Waals surface area (Å²) in [6, 6.07) is 4.51. The maximum atomic E-state index is 12.6. The molecule has 0 spiro atoms. The molecule has 2 rings (SSSR count). The molecule has 116 valence electrons. The Morgan fingerprint density at radius 2 is 2.14 bits per heavy atom. The first-order valence-corrected chi connectivity index (χ1v) is 7.98. The van der Waals surface area contributed by atoms with Gasteiger partial charge in [-0.05, 0) is 37.1 Å². The molecule has 1 fully saturated rings. The van der Waals surface area contributed by atoms with E-state index in [9.17, 15) is 13.2 Å². The molecule has 1 amide bonds. The van der Waals surface area contributed by atoms with Gasteiger partial charge in [0.25, 0.3) is 0 Å². The molecule has 0 bridgehead atoms. The number of nitrogen functional groups attached to an aromatic ring is 1. The predicted molar refractivity (Wildman–Crippen MR) is 78.3 cm³/mol. The summed E-state index contributed by atoms with van der Waals surface area (Å²) in [7, 11) is -2.33. The minimum atomic E-state index is -3.60. The highest BCUT2D eigenvalue weighted by Gasteiger charge is 2.33. The number of methoxy groups -OCH3 is 1. The van der Waals surface area contributed by atoms with Crippen LogP contribution in [-0.4, -0.2) is 45.1 Å². The number of benzene rings is 1. The highest BCUT2D eigenvalue weighted by Crippen LogP contribution is 2.23. The summed E-state index contributed by atoms with van der Waals surface area (Å²) in [5.74, 6) is 0. The Morgan fingerprint density at radius 3 is 2.76 bits per heavy atom. The molecule has 8 heteroatoms. The summed E-state index contributed by atoms with van der Waals surface area (Å²) >= 11 is 0. The molecule has 7 nitrogen and oxygen atoms in total. The highest BCUT2D eigenvalue weighted by molar-refractivity contribution is 7.89. The fourth-order valence-corrected chi connectivity index (χ4v) is 4.00. The molecule has 3 N–H and O–H groups in total. The monoisotopic (exact) mass is 313 g/mol. The van der Waals surface area contributed by atoms with Gasteiger partial charge in [-0.1, -0.05) is 0 Å². The fourth-order valence-electron chi connectivity index (χ4n) is 2.36. The van der Waals surface area contributed by atoms with Gasteiger partial charge in [0.1, 0.15) is 0 Å². The van der Waals surface area contributed by atoms with Gasteiger partial charge in [0, 0.05) is 24.8 Å². The van der Waals surface area contributed by atoms with Crippen molar-refractivity contribution in [3.8, 4) is 0 Å². The number of amides is 1. The number of anilines is 1. The average Bonchev–Trinajstić information content (AvgIpc) is 2.86. The third kappa shape index (κ3) is 3.45. The largest absolute Gasteiger partial charge is 0.453 e. The molecule has 0 saturated carbocycles. The van der Waals surface area contributed by atoms with Crippen molar-refractivity contribution in [1.29, 1.82) is 0 Å². The number of rotatable bonds is 3. The van der Waals surface area contributed by atoms with Crippen molar-refractivity contribution in [1.82, 2.24) is 9.62 Å². The molecule has 1 saturated heterocycles. The van der Waals surface area contributed by atoms with E-state index in [1.807, 2.05) is 0 Å². The van der Waals surface area contributed by atoms with Gasteiger partial charge in [-0.2, -0.15) is 4.31 Å². The Hall–Kier alpha value is -1.80. The molecule has 1 atom stereocenters. The smallest absolute Gasteiger partial charge is 0.407 e. The third-order valence-electron chi connectivity index (χ3n) is 3.37. The summed E-state index contributed by atoms with van der Waals surface area (Å²) in [5, 5.41) is 2.61. The Labute approximate surface area is 124 Å². The molecule has 0 radical (unpaired) electrons. The highest BCUT2D eigenvalue weighted by atomic mass is 32.2. The maximum Gasteiger partial charge on any atom is 0.407 e. The Bertz CT molecular complexity index is 625. The number of ether oxygens (including phenoxy) is 1. The van der Waals surface area contributed by atoms with Crippen LogP contribution in [0.5, 0.6) is 0 Å². The lowest BCUT2D eigenvalue weighted by Crippen LogP contribution is -2.38. The van der Waals surface area contributed by atoms with E-state index in [1.54, 1.807) is 19.1 Å². The van der Waals surface area contributed by atoms with Gasteiger partial charge in [0.05, 0.1) is 12.0 Å². The number of nitrogens with one attached hydrogen (secondary N) is 1. The van der Waals surface area contributed by atoms with Crippen LogP contribution in [-0.2, 0) is 14.8 Å². The lowest BCUT2D eigenvalue weighted by molar-refractivity contribution is 0.167. The molecule has 1 unspecified atom stereocenters. The van der Waals surface area contributed by atoms with Crippen LogP contribution in [0.1, 0.15) is 12.0 Å². The van der Waals surface area contributed by atoms with E-state index in [2.05, 4.69) is 10.1 Å². The summed E-state index contributed by atoms with van der Waals surface area (Å²) in [5.41, 5.74) is 6.91. The SMILES string of the molecule is COC(=O)NC1CCN(S(=O)(=O)c2cc(C)cc(N)c2)C1. The average molecular weight is 313 g/mol. The van der Waals surface area contributed by atoms with E-state index in [-0.39, 0.29) is 17.5 Å². The molecular formula is C13H19N3O4S. The van der Waals surface area contributed by atoms with Gasteiger partial charge in [0.2, 0.25) is 10.0 Å². The zero-order valence-corrected chi connectivity index (χ0v) is 12.8. The number of carbonyl (C=O) groups is 1. The van der Waals surface area contributed by atoms with Crippen molar-refractivity contribution in [3.05, 3.63) is 23.8 Å². The molecule has 1 aliphatic heterocycles. The second-order valence-electron chi connectivity index (χ2n) is 5.06. The first-order chi connectivity index (χ1) is 9.82. The summed E-state index contributed by atoms with van der Waals surface area (Å²) < 4.78 is 31.0. The lowest BCUT2D eigenvalue weighted by atomic mass is 10.2. The molecule has 0 aromatic heterocycles. The molecule has 0 aliphatic carbocycles. The Kier molecular flexibility index (Phi) is 4.38. The van der Waals surface area contributed by atoms with Crippen LogP contribution in [0.3, 0.4) is 0 Å². The summed E-state index contributed by atoms with van der Waals surface area (Å²) in [4.78, 5) is 11.3. The third-order valence-corrected chi connectivity index (χ3v) is 5.21. The zero-order valence-electron chi connectivity index (χ0n) is 12.0. The van der Waals surface area contributed by atoms with Crippen LogP contribution < -0.4 is 11.1 Å². The lowest BCUT2D eigenvalue weighted by Gasteiger charge is -2.17. The number of hydrogen-bond donors (Lipinski definition) is 2. The van der Waals surface area contributed by atoms with Gasteiger partial charge in [0.15, 0.2) is 0 Å².